The topological polar surface area (TPSA) is 16.3 Å². The van der Waals surface area contributed by atoms with E-state index in [-0.39, 0.29) is 51.4 Å². The average Bonchev–Trinajstić information content (AvgIpc) is 0.928. The molecule has 0 aliphatic carbocycles. The lowest BCUT2D eigenvalue weighted by atomic mass is 9.33. The second-order valence-electron chi connectivity index (χ2n) is 33.9. The van der Waals surface area contributed by atoms with Crippen LogP contribution >= 0.6 is 0 Å². The molecule has 0 unspecified atom stereocenters. The van der Waals surface area contributed by atoms with Crippen LogP contribution in [-0.4, -0.2) is 15.8 Å². The van der Waals surface area contributed by atoms with E-state index in [1.807, 2.05) is 6.07 Å². The van der Waals surface area contributed by atoms with Gasteiger partial charge >= 0.3 is 0 Å². The molecule has 17 rings (SSSR count). The van der Waals surface area contributed by atoms with Gasteiger partial charge in [0.2, 0.25) is 0 Å². The second-order valence-corrected chi connectivity index (χ2v) is 33.9. The van der Waals surface area contributed by atoms with E-state index in [0.717, 1.165) is 134 Å². The monoisotopic (exact) mass is 1340 g/mol. The van der Waals surface area contributed by atoms with Crippen LogP contribution in [0.15, 0.2) is 279 Å². The molecule has 0 bridgehead atoms. The molecule has 0 radical (unpaired) electrons. The van der Waals surface area contributed by atoms with Gasteiger partial charge in [-0.2, -0.15) is 0 Å². The van der Waals surface area contributed by atoms with Crippen molar-refractivity contribution in [2.24, 2.45) is 0 Å². The van der Waals surface area contributed by atoms with E-state index in [2.05, 4.69) is 365 Å². The maximum atomic E-state index is 9.72. The van der Waals surface area contributed by atoms with Gasteiger partial charge in [-0.25, -0.2) is 0 Å². The first-order valence-corrected chi connectivity index (χ1v) is 36.6. The lowest BCUT2D eigenvalue weighted by Gasteiger charge is -2.46. The minimum Gasteiger partial charge on any atom is -0.310 e. The fraction of sp³-hybridized carbons (Fsp3) is 0.204. The van der Waals surface area contributed by atoms with Crippen LogP contribution in [0.25, 0.3) is 99.5 Å². The van der Waals surface area contributed by atoms with E-state index < -0.39 is 18.2 Å². The van der Waals surface area contributed by atoms with Gasteiger partial charge in [-0.05, 0) is 190 Å². The van der Waals surface area contributed by atoms with Crippen molar-refractivity contribution in [1.29, 1.82) is 0 Å². The van der Waals surface area contributed by atoms with Gasteiger partial charge in [0.15, 0.2) is 0 Å². The SMILES string of the molecule is [2H]c1c([2H])c([2H])c(-c2ccc3c(c2)N(c2c(-c4cccc(C(C)(C)C)c4)ccc4c2c2ccccc2n4-c2ccccc2)c2cc(C(C)(C)C)cc4c2B3c2ccc(-n3c5ccc(C(C)(C)C)cc5c5cc(C(C)(C)C)ccc53)cc2N4c2c(-c3ccccc3)cc(C(C)(C)C)cc2-c2ccccc2)c([2H])c1[2H]. The first kappa shape index (κ1) is 59.8. The van der Waals surface area contributed by atoms with Crippen molar-refractivity contribution in [3.63, 3.8) is 0 Å². The summed E-state index contributed by atoms with van der Waals surface area (Å²) in [5.74, 6) is 0. The van der Waals surface area contributed by atoms with Crippen molar-refractivity contribution >= 4 is 101 Å². The lowest BCUT2D eigenvalue weighted by molar-refractivity contribution is 0.590. The Balaban J connectivity index is 1.08. The molecule has 5 heteroatoms. The molecule has 2 aromatic heterocycles. The molecule has 4 heterocycles. The highest BCUT2D eigenvalue weighted by Crippen LogP contribution is 2.56. The Bertz CT molecular complexity index is 6050. The molecule has 0 N–H and O–H groups in total. The van der Waals surface area contributed by atoms with Crippen LogP contribution < -0.4 is 26.2 Å². The minimum absolute atomic E-state index is 0.0992. The van der Waals surface area contributed by atoms with E-state index in [4.69, 9.17) is 1.37 Å². The van der Waals surface area contributed by atoms with E-state index in [0.29, 0.717) is 5.56 Å². The summed E-state index contributed by atoms with van der Waals surface area (Å²) < 4.78 is 51.6. The number of anilines is 6. The van der Waals surface area contributed by atoms with Crippen LogP contribution in [-0.2, 0) is 27.1 Å². The molecule has 0 atom stereocenters. The third-order valence-electron chi connectivity index (χ3n) is 21.9. The van der Waals surface area contributed by atoms with Crippen LogP contribution in [0.3, 0.4) is 0 Å². The molecule has 0 saturated carbocycles. The summed E-state index contributed by atoms with van der Waals surface area (Å²) >= 11 is 0. The van der Waals surface area contributed by atoms with Crippen molar-refractivity contribution in [2.75, 3.05) is 9.80 Å². The number of aromatic nitrogens is 2. The summed E-state index contributed by atoms with van der Waals surface area (Å²) in [5.41, 5.74) is 27.6. The predicted octanol–water partition coefficient (Wildman–Crippen LogP) is 25.1. The normalized spacial score (nSPS) is 14.0. The standard InChI is InChI=1S/C98H91BN4/c1-94(2,3)67-38-30-37-66(53-67)74-47-52-85-90(75-41-28-29-42-82(75)100(85)72-39-26-19-27-40-72)93(74)103-86-54-65(62-31-20-16-21-32-62)43-48-80(86)99-81-49-46-73(101-83-50-44-68(95(4,5)6)55-78(83)79-56-69(96(7,8)9)45-51-84(79)101)61-87(81)102(88-59-71(98(13,14)15)60-89(103)91(88)99)92-76(63-33-22-17-23-34-63)57-70(97(10,11)12)58-77(92)64-35-24-18-25-36-64/h16-61H,1-15H3/i16D,20D,21D,31D,32D. The van der Waals surface area contributed by atoms with Crippen molar-refractivity contribution < 1.29 is 6.85 Å². The first-order chi connectivity index (χ1) is 51.3. The molecule has 2 aliphatic rings. The summed E-state index contributed by atoms with van der Waals surface area (Å²) in [6.07, 6.45) is 0. The first-order valence-electron chi connectivity index (χ1n) is 39.1. The molecule has 15 aromatic rings. The molecule has 0 spiro atoms. The highest BCUT2D eigenvalue weighted by molar-refractivity contribution is 7.00. The van der Waals surface area contributed by atoms with E-state index >= 15 is 0 Å². The van der Waals surface area contributed by atoms with Gasteiger partial charge < -0.3 is 18.9 Å². The third kappa shape index (κ3) is 10.9. The predicted molar refractivity (Wildman–Crippen MR) is 444 cm³/mol. The Labute approximate surface area is 616 Å². The lowest BCUT2D eigenvalue weighted by Crippen LogP contribution is -2.61. The maximum absolute atomic E-state index is 9.72. The molecule has 13 aromatic carbocycles. The summed E-state index contributed by atoms with van der Waals surface area (Å²) in [5, 5.41) is 4.53. The second kappa shape index (κ2) is 23.9. The highest BCUT2D eigenvalue weighted by Gasteiger charge is 2.47. The minimum atomic E-state index is -0.448. The van der Waals surface area contributed by atoms with Crippen LogP contribution in [0.2, 0.25) is 0 Å². The van der Waals surface area contributed by atoms with Crippen molar-refractivity contribution in [3.8, 4) is 55.9 Å². The molecule has 2 aliphatic heterocycles. The largest absolute Gasteiger partial charge is 0.310 e. The Kier molecular flexibility index (Phi) is 13.8. The van der Waals surface area contributed by atoms with Gasteiger partial charge in [-0.3, -0.25) is 0 Å². The number of para-hydroxylation sites is 2. The van der Waals surface area contributed by atoms with Gasteiger partial charge in [0.1, 0.15) is 0 Å². The summed E-state index contributed by atoms with van der Waals surface area (Å²) in [7, 11) is 0. The number of hydrogen-bond donors (Lipinski definition) is 0. The number of benzene rings is 13. The van der Waals surface area contributed by atoms with Crippen molar-refractivity contribution in [3.05, 3.63) is 307 Å². The van der Waals surface area contributed by atoms with Gasteiger partial charge in [0.25, 0.3) is 6.71 Å². The Morgan fingerprint density at radius 2 is 0.748 bits per heavy atom. The van der Waals surface area contributed by atoms with E-state index in [1.165, 1.54) is 33.0 Å². The fourth-order valence-electron chi connectivity index (χ4n) is 16.3. The van der Waals surface area contributed by atoms with Gasteiger partial charge in [-0.15, -0.1) is 0 Å². The molecular formula is C98H91BN4. The Morgan fingerprint density at radius 1 is 0.282 bits per heavy atom. The van der Waals surface area contributed by atoms with Crippen LogP contribution in [0.1, 0.15) is 139 Å². The van der Waals surface area contributed by atoms with Crippen molar-refractivity contribution in [2.45, 2.75) is 131 Å². The zero-order chi connectivity index (χ0) is 75.7. The third-order valence-corrected chi connectivity index (χ3v) is 21.9. The van der Waals surface area contributed by atoms with E-state index in [9.17, 15) is 5.48 Å². The molecule has 506 valence electrons. The molecule has 0 fully saturated rings. The number of rotatable bonds is 8. The quantitative estimate of drug-likeness (QED) is 0.141. The zero-order valence-corrected chi connectivity index (χ0v) is 62.0. The maximum Gasteiger partial charge on any atom is 0.252 e. The van der Waals surface area contributed by atoms with Crippen LogP contribution in [0.5, 0.6) is 0 Å². The van der Waals surface area contributed by atoms with E-state index in [1.54, 1.807) is 0 Å². The molecule has 103 heavy (non-hydrogen) atoms. The smallest absolute Gasteiger partial charge is 0.252 e. The number of nitrogens with zero attached hydrogens (tertiary/aromatic N) is 4. The Hall–Kier alpha value is -10.9. The van der Waals surface area contributed by atoms with Crippen LogP contribution in [0, 0.1) is 0 Å². The Morgan fingerprint density at radius 3 is 1.32 bits per heavy atom. The van der Waals surface area contributed by atoms with Gasteiger partial charge in [0.05, 0.1) is 40.3 Å². The summed E-state index contributed by atoms with van der Waals surface area (Å²) in [6, 6.07) is 91.1. The van der Waals surface area contributed by atoms with Crippen molar-refractivity contribution in [1.82, 2.24) is 9.13 Å². The van der Waals surface area contributed by atoms with Gasteiger partial charge in [0, 0.05) is 72.4 Å². The number of fused-ring (bicyclic) bond motifs is 10. The molecular weight excluding hydrogens is 1240 g/mol. The van der Waals surface area contributed by atoms with Crippen LogP contribution in [0.4, 0.5) is 34.1 Å². The molecule has 4 nitrogen and oxygen atoms in total. The number of hydrogen-bond acceptors (Lipinski definition) is 2. The zero-order valence-electron chi connectivity index (χ0n) is 67.0. The summed E-state index contributed by atoms with van der Waals surface area (Å²) in [6.45, 7) is 34.2. The molecule has 0 amide bonds. The van der Waals surface area contributed by atoms with Gasteiger partial charge in [-0.1, -0.05) is 292 Å². The fourth-order valence-corrected chi connectivity index (χ4v) is 16.3. The molecule has 0 saturated heterocycles. The average molecular weight is 1340 g/mol. The highest BCUT2D eigenvalue weighted by atomic mass is 15.2. The summed E-state index contributed by atoms with van der Waals surface area (Å²) in [4.78, 5) is 5.19.